The maximum atomic E-state index is 13.1. The lowest BCUT2D eigenvalue weighted by Gasteiger charge is -2.37. The van der Waals surface area contributed by atoms with Crippen molar-refractivity contribution in [3.63, 3.8) is 0 Å². The first-order valence-corrected chi connectivity index (χ1v) is 15.3. The van der Waals surface area contributed by atoms with Gasteiger partial charge in [-0.15, -0.1) is 0 Å². The van der Waals surface area contributed by atoms with E-state index in [1.54, 1.807) is 0 Å². The summed E-state index contributed by atoms with van der Waals surface area (Å²) in [6, 6.07) is 24.3. The predicted octanol–water partition coefficient (Wildman–Crippen LogP) is 3.82. The average molecular weight is 516 g/mol. The van der Waals surface area contributed by atoms with E-state index < -0.39 is 21.1 Å². The number of nitro benzene ring substituents is 1. The molecule has 0 amide bonds. The maximum absolute atomic E-state index is 13.1. The molecule has 1 fully saturated rings. The molecule has 1 saturated carbocycles. The lowest BCUT2D eigenvalue weighted by Crippen LogP contribution is -2.52. The van der Waals surface area contributed by atoms with Gasteiger partial charge in [0.1, 0.15) is 0 Å². The van der Waals surface area contributed by atoms with Crippen LogP contribution < -0.4 is 20.4 Å². The number of nitro groups is 1. The lowest BCUT2D eigenvalue weighted by molar-refractivity contribution is -0.384. The Hall–Kier alpha value is -2.42. The van der Waals surface area contributed by atoms with E-state index in [1.807, 2.05) is 60.7 Å². The Morgan fingerprint density at radius 2 is 1.32 bits per heavy atom. The fourth-order valence-corrected chi connectivity index (χ4v) is 9.25. The van der Waals surface area contributed by atoms with Gasteiger partial charge in [0.05, 0.1) is 16.0 Å². The van der Waals surface area contributed by atoms with Crippen LogP contribution in [-0.2, 0) is 21.8 Å². The Labute approximate surface area is 204 Å². The molecule has 10 heteroatoms. The molecule has 2 atom stereocenters. The van der Waals surface area contributed by atoms with E-state index in [0.29, 0.717) is 6.42 Å². The van der Waals surface area contributed by atoms with Gasteiger partial charge in [0.25, 0.3) is 5.69 Å². The van der Waals surface area contributed by atoms with Gasteiger partial charge < -0.3 is 0 Å². The summed E-state index contributed by atoms with van der Waals surface area (Å²) >= 11 is 6.30. The van der Waals surface area contributed by atoms with E-state index in [-0.39, 0.29) is 22.7 Å². The molecule has 0 radical (unpaired) electrons. The Balaban J connectivity index is 1.62. The van der Waals surface area contributed by atoms with Gasteiger partial charge in [0, 0.05) is 34.8 Å². The van der Waals surface area contributed by atoms with Gasteiger partial charge >= 0.3 is 0 Å². The Bertz CT molecular complexity index is 1240. The first kappa shape index (κ1) is 24.7. The third kappa shape index (κ3) is 5.45. The topological polar surface area (TPSA) is 101 Å². The van der Waals surface area contributed by atoms with Gasteiger partial charge in [0.2, 0.25) is 10.0 Å². The Morgan fingerprint density at radius 1 is 0.824 bits per heavy atom. The van der Waals surface area contributed by atoms with Crippen molar-refractivity contribution in [2.75, 3.05) is 0 Å². The number of hydrogen-bond donors (Lipinski definition) is 2. The molecule has 7 nitrogen and oxygen atoms in total. The number of benzene rings is 3. The summed E-state index contributed by atoms with van der Waals surface area (Å²) in [7, 11) is -3.85. The molecule has 178 valence electrons. The summed E-state index contributed by atoms with van der Waals surface area (Å²) in [5.41, 5.74) is -0.150. The molecule has 4 rings (SSSR count). The van der Waals surface area contributed by atoms with Gasteiger partial charge in [-0.3, -0.25) is 15.2 Å². The van der Waals surface area contributed by atoms with E-state index in [2.05, 4.69) is 9.81 Å². The highest BCUT2D eigenvalue weighted by atomic mass is 32.4. The number of rotatable bonds is 8. The van der Waals surface area contributed by atoms with Crippen molar-refractivity contribution in [1.29, 1.82) is 0 Å². The largest absolute Gasteiger partial charge is 0.277 e. The van der Waals surface area contributed by atoms with Crippen LogP contribution in [0.1, 0.15) is 25.7 Å². The second-order valence-corrected chi connectivity index (χ2v) is 14.1. The minimum absolute atomic E-state index is 0.00738. The van der Waals surface area contributed by atoms with Gasteiger partial charge in [0.15, 0.2) is 0 Å². The molecule has 0 unspecified atom stereocenters. The van der Waals surface area contributed by atoms with E-state index in [9.17, 15) is 18.5 Å². The summed E-state index contributed by atoms with van der Waals surface area (Å²) in [4.78, 5) is 10.4. The summed E-state index contributed by atoms with van der Waals surface area (Å²) in [5.74, 6) is 0. The second-order valence-electron chi connectivity index (χ2n) is 8.28. The monoisotopic (exact) mass is 515 g/mol. The van der Waals surface area contributed by atoms with Gasteiger partial charge in [-0.2, -0.15) is 0 Å². The summed E-state index contributed by atoms with van der Waals surface area (Å²) in [6.07, 6.45) is 0.955. The first-order valence-electron chi connectivity index (χ1n) is 11.1. The van der Waals surface area contributed by atoms with Crippen molar-refractivity contribution in [2.45, 2.75) is 42.7 Å². The lowest BCUT2D eigenvalue weighted by atomic mass is 9.92. The molecular weight excluding hydrogens is 489 g/mol. The van der Waals surface area contributed by atoms with E-state index in [0.717, 1.165) is 29.9 Å². The van der Waals surface area contributed by atoms with Crippen LogP contribution >= 0.6 is 6.19 Å². The van der Waals surface area contributed by atoms with Crippen molar-refractivity contribution in [3.05, 3.63) is 95.0 Å². The van der Waals surface area contributed by atoms with Crippen molar-refractivity contribution >= 4 is 44.3 Å². The van der Waals surface area contributed by atoms with Crippen LogP contribution in [0.5, 0.6) is 0 Å². The highest BCUT2D eigenvalue weighted by Crippen LogP contribution is 2.41. The smallest absolute Gasteiger partial charge is 0.269 e. The van der Waals surface area contributed by atoms with Crippen LogP contribution in [0.4, 0.5) is 5.69 Å². The molecule has 2 N–H and O–H groups in total. The molecule has 34 heavy (non-hydrogen) atoms. The number of nitrogens with one attached hydrogen (secondary N) is 2. The molecule has 0 aromatic heterocycles. The number of non-ortho nitro benzene ring substituents is 1. The van der Waals surface area contributed by atoms with Crippen molar-refractivity contribution in [3.8, 4) is 0 Å². The van der Waals surface area contributed by atoms with E-state index >= 15 is 0 Å². The van der Waals surface area contributed by atoms with Crippen molar-refractivity contribution in [2.24, 2.45) is 0 Å². The van der Waals surface area contributed by atoms with Crippen molar-refractivity contribution in [1.82, 2.24) is 9.81 Å². The molecule has 3 aromatic carbocycles. The van der Waals surface area contributed by atoms with E-state index in [1.165, 1.54) is 24.3 Å². The van der Waals surface area contributed by atoms with Crippen LogP contribution in [0, 0.1) is 10.1 Å². The molecule has 3 aromatic rings. The zero-order chi connectivity index (χ0) is 24.2. The number of sulfonamides is 1. The minimum atomic E-state index is -3.85. The highest BCUT2D eigenvalue weighted by molar-refractivity contribution is 8.20. The summed E-state index contributed by atoms with van der Waals surface area (Å²) in [6.45, 7) is 0. The van der Waals surface area contributed by atoms with Gasteiger partial charge in [-0.05, 0) is 25.0 Å². The fraction of sp³-hybridized carbons (Fsp3) is 0.250. The third-order valence-electron chi connectivity index (χ3n) is 6.02. The van der Waals surface area contributed by atoms with Crippen LogP contribution in [0.25, 0.3) is 0 Å². The molecule has 0 saturated heterocycles. The highest BCUT2D eigenvalue weighted by Gasteiger charge is 2.34. The molecule has 1 aliphatic carbocycles. The summed E-state index contributed by atoms with van der Waals surface area (Å²) < 4.78 is 29.1. The quantitative estimate of drug-likeness (QED) is 0.269. The number of hydrogen-bond acceptors (Lipinski definition) is 5. The second kappa shape index (κ2) is 10.5. The maximum Gasteiger partial charge on any atom is 0.269 e. The van der Waals surface area contributed by atoms with Crippen molar-refractivity contribution < 1.29 is 13.3 Å². The van der Waals surface area contributed by atoms with Crippen LogP contribution in [-0.4, -0.2) is 25.4 Å². The molecular formula is C24H26N3O4PS2. The molecule has 1 aliphatic rings. The molecule has 0 bridgehead atoms. The predicted molar refractivity (Wildman–Crippen MR) is 139 cm³/mol. The van der Waals surface area contributed by atoms with E-state index in [4.69, 9.17) is 11.8 Å². The molecule has 0 heterocycles. The standard InChI is InChI=1S/C24H26N3O4PS2/c28-27(29)19-15-17-22(18-16-19)34(30,31)26-24-14-8-7-13-23(24)25-32(33,20-9-3-1-4-10-20)21-11-5-2-6-12-21/h1-6,9-12,15-18,23-24,26H,7-8,13-14H2,(H,25,33)/t23-,24-/m1/s1. The Kier molecular flexibility index (Phi) is 7.60. The SMILES string of the molecule is O=[N+]([O-])c1ccc(S(=O)(=O)N[C@@H]2CCCC[C@H]2NP(=S)(c2ccccc2)c2ccccc2)cc1. The third-order valence-corrected chi connectivity index (χ3v) is 11.9. The zero-order valence-corrected chi connectivity index (χ0v) is 20.9. The fourth-order valence-electron chi connectivity index (χ4n) is 4.25. The zero-order valence-electron chi connectivity index (χ0n) is 18.4. The molecule has 0 spiro atoms. The van der Waals surface area contributed by atoms with Crippen LogP contribution in [0.3, 0.4) is 0 Å². The molecule has 0 aliphatic heterocycles. The normalized spacial score (nSPS) is 18.9. The van der Waals surface area contributed by atoms with Crippen LogP contribution in [0.15, 0.2) is 89.8 Å². The van der Waals surface area contributed by atoms with Gasteiger partial charge in [-0.25, -0.2) is 13.1 Å². The first-order chi connectivity index (χ1) is 16.3. The Morgan fingerprint density at radius 3 is 1.82 bits per heavy atom. The average Bonchev–Trinajstić information content (AvgIpc) is 2.86. The summed E-state index contributed by atoms with van der Waals surface area (Å²) in [5, 5.41) is 16.7. The van der Waals surface area contributed by atoms with Crippen LogP contribution in [0.2, 0.25) is 0 Å². The number of nitrogens with zero attached hydrogens (tertiary/aromatic N) is 1. The van der Waals surface area contributed by atoms with Gasteiger partial charge in [-0.1, -0.05) is 85.3 Å². The minimum Gasteiger partial charge on any atom is -0.277 e.